The smallest absolute Gasteiger partial charge is 0.133 e. The Labute approximate surface area is 161 Å². The molecule has 1 aromatic carbocycles. The van der Waals surface area contributed by atoms with Gasteiger partial charge in [-0.05, 0) is 37.1 Å². The highest BCUT2D eigenvalue weighted by atomic mass is 16.5. The van der Waals surface area contributed by atoms with Crippen LogP contribution in [-0.4, -0.2) is 74.4 Å². The number of nitrogens with zero attached hydrogens (tertiary/aromatic N) is 3. The molecule has 3 aliphatic rings. The highest BCUT2D eigenvalue weighted by Gasteiger charge is 2.37. The molecule has 0 saturated carbocycles. The van der Waals surface area contributed by atoms with E-state index in [0.29, 0.717) is 0 Å². The molecule has 3 fully saturated rings. The van der Waals surface area contributed by atoms with E-state index in [4.69, 9.17) is 9.15 Å². The lowest BCUT2D eigenvalue weighted by atomic mass is 9.96. The highest BCUT2D eigenvalue weighted by molar-refractivity contribution is 5.64. The standard InChI is InChI=1S/C22H29N3O2/c1-3-18(22-5-2-12-27-22)15-20(4-1)23-8-6-19(7-9-23)25-16-21(17-25)24-10-13-26-14-11-24/h1-5,12,15,19,21H,6-11,13-14,16-17H2. The van der Waals surface area contributed by atoms with E-state index in [1.54, 1.807) is 6.26 Å². The molecule has 0 radical (unpaired) electrons. The predicted molar refractivity (Wildman–Crippen MR) is 107 cm³/mol. The van der Waals surface area contributed by atoms with Crippen molar-refractivity contribution in [1.82, 2.24) is 9.80 Å². The van der Waals surface area contributed by atoms with Crippen LogP contribution in [0.25, 0.3) is 11.3 Å². The van der Waals surface area contributed by atoms with Gasteiger partial charge in [-0.1, -0.05) is 12.1 Å². The molecule has 0 unspecified atom stereocenters. The first-order valence-electron chi connectivity index (χ1n) is 10.3. The number of anilines is 1. The Balaban J connectivity index is 1.14. The Morgan fingerprint density at radius 2 is 1.63 bits per heavy atom. The van der Waals surface area contributed by atoms with Crippen molar-refractivity contribution in [3.8, 4) is 11.3 Å². The molecule has 0 N–H and O–H groups in total. The van der Waals surface area contributed by atoms with Gasteiger partial charge < -0.3 is 14.1 Å². The van der Waals surface area contributed by atoms with Gasteiger partial charge in [-0.2, -0.15) is 0 Å². The number of likely N-dealkylation sites (tertiary alicyclic amines) is 1. The molecule has 5 rings (SSSR count). The summed E-state index contributed by atoms with van der Waals surface area (Å²) in [4.78, 5) is 7.86. The first-order valence-corrected chi connectivity index (χ1v) is 10.3. The van der Waals surface area contributed by atoms with Crippen molar-refractivity contribution in [2.45, 2.75) is 24.9 Å². The molecule has 27 heavy (non-hydrogen) atoms. The summed E-state index contributed by atoms with van der Waals surface area (Å²) in [5.74, 6) is 0.946. The summed E-state index contributed by atoms with van der Waals surface area (Å²) >= 11 is 0. The second-order valence-electron chi connectivity index (χ2n) is 8.00. The lowest BCUT2D eigenvalue weighted by molar-refractivity contribution is -0.0481. The third-order valence-electron chi connectivity index (χ3n) is 6.45. The van der Waals surface area contributed by atoms with E-state index in [9.17, 15) is 0 Å². The zero-order chi connectivity index (χ0) is 18.1. The van der Waals surface area contributed by atoms with E-state index < -0.39 is 0 Å². The number of benzene rings is 1. The Hall–Kier alpha value is -1.82. The Morgan fingerprint density at radius 3 is 2.37 bits per heavy atom. The van der Waals surface area contributed by atoms with Gasteiger partial charge in [0.2, 0.25) is 0 Å². The Bertz CT molecular complexity index is 728. The third kappa shape index (κ3) is 3.64. The molecule has 0 atom stereocenters. The zero-order valence-electron chi connectivity index (χ0n) is 15.9. The summed E-state index contributed by atoms with van der Waals surface area (Å²) in [5.41, 5.74) is 2.48. The van der Waals surface area contributed by atoms with E-state index in [0.717, 1.165) is 62.8 Å². The number of morpholine rings is 1. The van der Waals surface area contributed by atoms with Crippen molar-refractivity contribution >= 4 is 5.69 Å². The molecule has 2 aromatic rings. The lowest BCUT2D eigenvalue weighted by Gasteiger charge is -2.51. The largest absolute Gasteiger partial charge is 0.464 e. The number of hydrogen-bond acceptors (Lipinski definition) is 5. The number of rotatable bonds is 4. The van der Waals surface area contributed by atoms with Gasteiger partial charge in [0.25, 0.3) is 0 Å². The van der Waals surface area contributed by atoms with Gasteiger partial charge in [-0.25, -0.2) is 0 Å². The van der Waals surface area contributed by atoms with Crippen LogP contribution in [0.15, 0.2) is 47.1 Å². The van der Waals surface area contributed by atoms with E-state index in [2.05, 4.69) is 39.0 Å². The van der Waals surface area contributed by atoms with Crippen molar-refractivity contribution in [1.29, 1.82) is 0 Å². The van der Waals surface area contributed by atoms with Crippen LogP contribution in [0, 0.1) is 0 Å². The molecule has 3 aliphatic heterocycles. The first-order chi connectivity index (χ1) is 13.4. The molecule has 4 heterocycles. The van der Waals surface area contributed by atoms with E-state index in [1.165, 1.54) is 31.6 Å². The van der Waals surface area contributed by atoms with E-state index in [-0.39, 0.29) is 0 Å². The van der Waals surface area contributed by atoms with Gasteiger partial charge in [0.05, 0.1) is 19.5 Å². The molecule has 5 heteroatoms. The Morgan fingerprint density at radius 1 is 0.815 bits per heavy atom. The summed E-state index contributed by atoms with van der Waals surface area (Å²) < 4.78 is 11.0. The summed E-state index contributed by atoms with van der Waals surface area (Å²) in [6.07, 6.45) is 4.27. The zero-order valence-corrected chi connectivity index (χ0v) is 15.9. The average Bonchev–Trinajstić information content (AvgIpc) is 3.23. The minimum atomic E-state index is 0.756. The third-order valence-corrected chi connectivity index (χ3v) is 6.45. The van der Waals surface area contributed by atoms with Crippen LogP contribution in [-0.2, 0) is 4.74 Å². The SMILES string of the molecule is c1cc(-c2ccco2)cc(N2CCC(N3CC(N4CCOCC4)C3)CC2)c1. The normalized spacial score (nSPS) is 23.5. The fraction of sp³-hybridized carbons (Fsp3) is 0.545. The highest BCUT2D eigenvalue weighted by Crippen LogP contribution is 2.29. The monoisotopic (exact) mass is 367 g/mol. The molecule has 0 amide bonds. The fourth-order valence-electron chi connectivity index (χ4n) is 4.75. The molecule has 144 valence electrons. The maximum absolute atomic E-state index is 5.56. The number of hydrogen-bond donors (Lipinski definition) is 0. The fourth-order valence-corrected chi connectivity index (χ4v) is 4.75. The maximum atomic E-state index is 5.56. The topological polar surface area (TPSA) is 32.1 Å². The molecular formula is C22H29N3O2. The van der Waals surface area contributed by atoms with Gasteiger partial charge in [0.1, 0.15) is 5.76 Å². The quantitative estimate of drug-likeness (QED) is 0.830. The maximum Gasteiger partial charge on any atom is 0.133 e. The van der Waals surface area contributed by atoms with Crippen LogP contribution in [0.1, 0.15) is 12.8 Å². The van der Waals surface area contributed by atoms with Crippen molar-refractivity contribution < 1.29 is 9.15 Å². The molecule has 0 bridgehead atoms. The first kappa shape index (κ1) is 17.3. The van der Waals surface area contributed by atoms with Gasteiger partial charge in [0, 0.05) is 62.6 Å². The van der Waals surface area contributed by atoms with Crippen LogP contribution >= 0.6 is 0 Å². The molecule has 1 aromatic heterocycles. The minimum Gasteiger partial charge on any atom is -0.464 e. The van der Waals surface area contributed by atoms with Crippen LogP contribution in [0.5, 0.6) is 0 Å². The van der Waals surface area contributed by atoms with Gasteiger partial charge in [0.15, 0.2) is 0 Å². The van der Waals surface area contributed by atoms with Crippen molar-refractivity contribution in [3.05, 3.63) is 42.7 Å². The molecule has 0 aliphatic carbocycles. The van der Waals surface area contributed by atoms with Gasteiger partial charge in [-0.15, -0.1) is 0 Å². The predicted octanol–water partition coefficient (Wildman–Crippen LogP) is 2.93. The second-order valence-corrected chi connectivity index (χ2v) is 8.00. The van der Waals surface area contributed by atoms with Crippen LogP contribution in [0.2, 0.25) is 0 Å². The lowest BCUT2D eigenvalue weighted by Crippen LogP contribution is -2.64. The molecular weight excluding hydrogens is 338 g/mol. The summed E-state index contributed by atoms with van der Waals surface area (Å²) in [6, 6.07) is 14.2. The summed E-state index contributed by atoms with van der Waals surface area (Å²) in [5, 5.41) is 0. The van der Waals surface area contributed by atoms with E-state index in [1.807, 2.05) is 12.1 Å². The molecule has 0 spiro atoms. The van der Waals surface area contributed by atoms with Gasteiger partial charge >= 0.3 is 0 Å². The van der Waals surface area contributed by atoms with E-state index >= 15 is 0 Å². The average molecular weight is 367 g/mol. The number of piperidine rings is 1. The van der Waals surface area contributed by atoms with Crippen LogP contribution in [0.4, 0.5) is 5.69 Å². The van der Waals surface area contributed by atoms with Crippen molar-refractivity contribution in [2.75, 3.05) is 57.4 Å². The summed E-state index contributed by atoms with van der Waals surface area (Å²) in [7, 11) is 0. The van der Waals surface area contributed by atoms with Crippen LogP contribution < -0.4 is 4.90 Å². The molecule has 5 nitrogen and oxygen atoms in total. The van der Waals surface area contributed by atoms with Gasteiger partial charge in [-0.3, -0.25) is 9.80 Å². The number of furan rings is 1. The van der Waals surface area contributed by atoms with Crippen molar-refractivity contribution in [3.63, 3.8) is 0 Å². The second kappa shape index (κ2) is 7.66. The van der Waals surface area contributed by atoms with Crippen LogP contribution in [0.3, 0.4) is 0 Å². The van der Waals surface area contributed by atoms with Crippen molar-refractivity contribution in [2.24, 2.45) is 0 Å². The Kier molecular flexibility index (Phi) is 4.91. The summed E-state index contributed by atoms with van der Waals surface area (Å²) in [6.45, 7) is 8.83. The molecule has 3 saturated heterocycles. The minimum absolute atomic E-state index is 0.756. The number of ether oxygens (including phenoxy) is 1.